The van der Waals surface area contributed by atoms with Crippen LogP contribution in [0.5, 0.6) is 0 Å². The Morgan fingerprint density at radius 2 is 1.86 bits per heavy atom. The molecule has 0 aromatic heterocycles. The van der Waals surface area contributed by atoms with Gasteiger partial charge in [-0.05, 0) is 19.1 Å². The maximum atomic E-state index is 11.4. The van der Waals surface area contributed by atoms with Crippen molar-refractivity contribution in [3.8, 4) is 0 Å². The normalized spacial score (nSPS) is 10.5. The van der Waals surface area contributed by atoms with Gasteiger partial charge in [-0.15, -0.1) is 0 Å². The molecule has 0 spiro atoms. The Morgan fingerprint density at radius 1 is 1.29 bits per heavy atom. The van der Waals surface area contributed by atoms with Crippen LogP contribution in [0, 0.1) is 6.92 Å². The summed E-state index contributed by atoms with van der Waals surface area (Å²) >= 11 is 0. The molecule has 0 radical (unpaired) electrons. The van der Waals surface area contributed by atoms with E-state index in [9.17, 15) is 4.79 Å². The van der Waals surface area contributed by atoms with Crippen LogP contribution in [0.2, 0.25) is 0 Å². The van der Waals surface area contributed by atoms with Gasteiger partial charge in [0.25, 0.3) is 5.91 Å². The Hall–Kier alpha value is -1.64. The molecule has 1 aromatic carbocycles. The standard InChI is InChI=1S/C11H14N2O/c1-9-4-6-10(7-5-9)11(14)12-8-13(2)3/h4-8H,1-3H3/b12-8-. The van der Waals surface area contributed by atoms with E-state index >= 15 is 0 Å². The average Bonchev–Trinajstić information content (AvgIpc) is 2.15. The lowest BCUT2D eigenvalue weighted by Gasteiger charge is -2.01. The van der Waals surface area contributed by atoms with E-state index in [0.717, 1.165) is 5.56 Å². The predicted molar refractivity (Wildman–Crippen MR) is 57.7 cm³/mol. The molecule has 0 aliphatic heterocycles. The molecule has 1 rings (SSSR count). The molecule has 1 amide bonds. The lowest BCUT2D eigenvalue weighted by molar-refractivity contribution is 0.100. The van der Waals surface area contributed by atoms with Gasteiger partial charge >= 0.3 is 0 Å². The van der Waals surface area contributed by atoms with Crippen molar-refractivity contribution in [2.75, 3.05) is 14.1 Å². The highest BCUT2D eigenvalue weighted by Crippen LogP contribution is 2.04. The summed E-state index contributed by atoms with van der Waals surface area (Å²) in [6.07, 6.45) is 1.50. The van der Waals surface area contributed by atoms with Gasteiger partial charge < -0.3 is 4.90 Å². The van der Waals surface area contributed by atoms with E-state index < -0.39 is 0 Å². The molecule has 1 aromatic rings. The van der Waals surface area contributed by atoms with Gasteiger partial charge in [-0.1, -0.05) is 17.7 Å². The second-order valence-corrected chi connectivity index (χ2v) is 3.38. The molecule has 14 heavy (non-hydrogen) atoms. The number of hydrogen-bond acceptors (Lipinski definition) is 1. The monoisotopic (exact) mass is 190 g/mol. The minimum atomic E-state index is -0.210. The molecule has 0 bridgehead atoms. The fourth-order valence-electron chi connectivity index (χ4n) is 0.939. The van der Waals surface area contributed by atoms with Crippen LogP contribution in [-0.4, -0.2) is 31.2 Å². The van der Waals surface area contributed by atoms with Gasteiger partial charge in [0.05, 0.1) is 6.34 Å². The van der Waals surface area contributed by atoms with Crippen LogP contribution >= 0.6 is 0 Å². The van der Waals surface area contributed by atoms with Crippen LogP contribution in [-0.2, 0) is 0 Å². The molecular formula is C11H14N2O. The first-order valence-corrected chi connectivity index (χ1v) is 4.41. The zero-order valence-electron chi connectivity index (χ0n) is 8.69. The maximum Gasteiger partial charge on any atom is 0.278 e. The first-order valence-electron chi connectivity index (χ1n) is 4.41. The Labute approximate surface area is 84.1 Å². The Bertz CT molecular complexity index is 339. The van der Waals surface area contributed by atoms with E-state index in [2.05, 4.69) is 4.99 Å². The first-order chi connectivity index (χ1) is 6.59. The highest BCUT2D eigenvalue weighted by atomic mass is 16.1. The van der Waals surface area contributed by atoms with Gasteiger partial charge in [0.1, 0.15) is 0 Å². The number of aliphatic imine (C=N–C) groups is 1. The van der Waals surface area contributed by atoms with Crippen LogP contribution in [0.25, 0.3) is 0 Å². The van der Waals surface area contributed by atoms with E-state index in [-0.39, 0.29) is 5.91 Å². The molecule has 0 unspecified atom stereocenters. The van der Waals surface area contributed by atoms with Crippen LogP contribution in [0.3, 0.4) is 0 Å². The number of carbonyl (C=O) groups is 1. The van der Waals surface area contributed by atoms with E-state index in [1.54, 1.807) is 17.0 Å². The molecule has 0 atom stereocenters. The fraction of sp³-hybridized carbons (Fsp3) is 0.273. The molecule has 0 saturated heterocycles. The molecule has 3 nitrogen and oxygen atoms in total. The highest BCUT2D eigenvalue weighted by molar-refractivity contribution is 5.98. The van der Waals surface area contributed by atoms with Gasteiger partial charge in [-0.2, -0.15) is 4.99 Å². The summed E-state index contributed by atoms with van der Waals surface area (Å²) in [4.78, 5) is 16.9. The minimum absolute atomic E-state index is 0.210. The van der Waals surface area contributed by atoms with Gasteiger partial charge in [-0.3, -0.25) is 4.79 Å². The third-order valence-electron chi connectivity index (χ3n) is 1.70. The number of nitrogens with zero attached hydrogens (tertiary/aromatic N) is 2. The molecule has 74 valence electrons. The topological polar surface area (TPSA) is 32.7 Å². The SMILES string of the molecule is Cc1ccc(C(=O)/N=C\N(C)C)cc1. The second-order valence-electron chi connectivity index (χ2n) is 3.38. The second kappa shape index (κ2) is 4.56. The zero-order valence-corrected chi connectivity index (χ0v) is 8.69. The Balaban J connectivity index is 2.75. The lowest BCUT2D eigenvalue weighted by Crippen LogP contribution is -2.09. The summed E-state index contributed by atoms with van der Waals surface area (Å²) < 4.78 is 0. The van der Waals surface area contributed by atoms with Gasteiger partial charge in [0, 0.05) is 19.7 Å². The molecule has 0 fully saturated rings. The van der Waals surface area contributed by atoms with Gasteiger partial charge in [-0.25, -0.2) is 0 Å². The summed E-state index contributed by atoms with van der Waals surface area (Å²) in [6.45, 7) is 1.98. The summed E-state index contributed by atoms with van der Waals surface area (Å²) in [6, 6.07) is 7.37. The number of rotatable bonds is 2. The van der Waals surface area contributed by atoms with E-state index in [1.165, 1.54) is 6.34 Å². The van der Waals surface area contributed by atoms with Crippen molar-refractivity contribution in [3.63, 3.8) is 0 Å². The van der Waals surface area contributed by atoms with Crippen molar-refractivity contribution in [2.45, 2.75) is 6.92 Å². The summed E-state index contributed by atoms with van der Waals surface area (Å²) in [5, 5.41) is 0. The molecule has 0 saturated carbocycles. The minimum Gasteiger partial charge on any atom is -0.369 e. The van der Waals surface area contributed by atoms with E-state index in [1.807, 2.05) is 33.2 Å². The molecule has 0 N–H and O–H groups in total. The number of hydrogen-bond donors (Lipinski definition) is 0. The summed E-state index contributed by atoms with van der Waals surface area (Å²) in [7, 11) is 3.65. The average molecular weight is 190 g/mol. The highest BCUT2D eigenvalue weighted by Gasteiger charge is 2.01. The zero-order chi connectivity index (χ0) is 10.6. The Morgan fingerprint density at radius 3 is 2.36 bits per heavy atom. The number of benzene rings is 1. The quantitative estimate of drug-likeness (QED) is 0.525. The van der Waals surface area contributed by atoms with Crippen molar-refractivity contribution in [1.29, 1.82) is 0 Å². The lowest BCUT2D eigenvalue weighted by atomic mass is 10.1. The van der Waals surface area contributed by atoms with Crippen LogP contribution < -0.4 is 0 Å². The molecule has 3 heteroatoms. The third kappa shape index (κ3) is 3.01. The summed E-state index contributed by atoms with van der Waals surface area (Å²) in [5.41, 5.74) is 1.76. The molecule has 0 aliphatic carbocycles. The van der Waals surface area contributed by atoms with Crippen molar-refractivity contribution < 1.29 is 4.79 Å². The van der Waals surface area contributed by atoms with Gasteiger partial charge in [0.15, 0.2) is 0 Å². The molecule has 0 heterocycles. The van der Waals surface area contributed by atoms with Crippen LogP contribution in [0.4, 0.5) is 0 Å². The number of aryl methyl sites for hydroxylation is 1. The van der Waals surface area contributed by atoms with Gasteiger partial charge in [0.2, 0.25) is 0 Å². The Kier molecular flexibility index (Phi) is 3.40. The van der Waals surface area contributed by atoms with Crippen molar-refractivity contribution in [1.82, 2.24) is 4.90 Å². The van der Waals surface area contributed by atoms with Crippen molar-refractivity contribution in [2.24, 2.45) is 4.99 Å². The van der Waals surface area contributed by atoms with Crippen LogP contribution in [0.1, 0.15) is 15.9 Å². The van der Waals surface area contributed by atoms with Crippen LogP contribution in [0.15, 0.2) is 29.3 Å². The number of amides is 1. The smallest absolute Gasteiger partial charge is 0.278 e. The molecule has 0 aliphatic rings. The maximum absolute atomic E-state index is 11.4. The fourth-order valence-corrected chi connectivity index (χ4v) is 0.939. The predicted octanol–water partition coefficient (Wildman–Crippen LogP) is 1.73. The number of carbonyl (C=O) groups excluding carboxylic acids is 1. The van der Waals surface area contributed by atoms with E-state index in [0.29, 0.717) is 5.56 Å². The third-order valence-corrected chi connectivity index (χ3v) is 1.70. The van der Waals surface area contributed by atoms with E-state index in [4.69, 9.17) is 0 Å². The van der Waals surface area contributed by atoms with Crippen molar-refractivity contribution in [3.05, 3.63) is 35.4 Å². The van der Waals surface area contributed by atoms with Crippen molar-refractivity contribution >= 4 is 12.2 Å². The first kappa shape index (κ1) is 10.4. The summed E-state index contributed by atoms with van der Waals surface area (Å²) in [5.74, 6) is -0.210. The molecular weight excluding hydrogens is 176 g/mol. The largest absolute Gasteiger partial charge is 0.369 e.